The zero-order valence-electron chi connectivity index (χ0n) is 13.9. The van der Waals surface area contributed by atoms with E-state index in [2.05, 4.69) is 15.1 Å². The van der Waals surface area contributed by atoms with Gasteiger partial charge in [0.1, 0.15) is 29.6 Å². The second kappa shape index (κ2) is 9.60. The topological polar surface area (TPSA) is 128 Å². The van der Waals surface area contributed by atoms with Crippen LogP contribution in [0.2, 0.25) is 0 Å². The molecule has 1 aromatic heterocycles. The Morgan fingerprint density at radius 1 is 1.28 bits per heavy atom. The summed E-state index contributed by atoms with van der Waals surface area (Å²) in [6, 6.07) is 7.20. The zero-order chi connectivity index (χ0) is 18.1. The molecule has 0 aliphatic rings. The van der Waals surface area contributed by atoms with E-state index in [1.165, 1.54) is 11.3 Å². The fraction of sp³-hybridized carbons (Fsp3) is 0.312. The van der Waals surface area contributed by atoms with Gasteiger partial charge in [-0.1, -0.05) is 5.16 Å². The van der Waals surface area contributed by atoms with Crippen molar-refractivity contribution in [3.05, 3.63) is 40.9 Å². The van der Waals surface area contributed by atoms with E-state index in [4.69, 9.17) is 26.1 Å². The molecule has 0 spiro atoms. The number of aliphatic imine (C=N–C) groups is 1. The predicted molar refractivity (Wildman–Crippen MR) is 99.3 cm³/mol. The summed E-state index contributed by atoms with van der Waals surface area (Å²) in [5, 5.41) is 15.0. The molecule has 0 atom stereocenters. The van der Waals surface area contributed by atoms with Crippen LogP contribution in [-0.4, -0.2) is 48.0 Å². The van der Waals surface area contributed by atoms with Crippen LogP contribution in [0.4, 0.5) is 5.13 Å². The van der Waals surface area contributed by atoms with E-state index < -0.39 is 0 Å². The van der Waals surface area contributed by atoms with E-state index in [1.54, 1.807) is 31.2 Å². The molecule has 0 saturated heterocycles. The summed E-state index contributed by atoms with van der Waals surface area (Å²) >= 11 is 1.36. The Morgan fingerprint density at radius 2 is 2.04 bits per heavy atom. The van der Waals surface area contributed by atoms with Gasteiger partial charge >= 0.3 is 0 Å². The summed E-state index contributed by atoms with van der Waals surface area (Å²) < 4.78 is 5.57. The number of hydrogen-bond donors (Lipinski definition) is 3. The lowest BCUT2D eigenvalue weighted by Gasteiger charge is -2.07. The van der Waals surface area contributed by atoms with Crippen LogP contribution < -0.4 is 16.2 Å². The van der Waals surface area contributed by atoms with Crippen LogP contribution in [0.15, 0.2) is 39.8 Å². The van der Waals surface area contributed by atoms with Gasteiger partial charge in [0.25, 0.3) is 0 Å². The Labute approximate surface area is 149 Å². The summed E-state index contributed by atoms with van der Waals surface area (Å²) in [5.74, 6) is 1.08. The highest BCUT2D eigenvalue weighted by Crippen LogP contribution is 2.13. The number of aromatic nitrogens is 1. The van der Waals surface area contributed by atoms with Crippen LogP contribution >= 0.6 is 11.3 Å². The van der Waals surface area contributed by atoms with E-state index in [9.17, 15) is 0 Å². The van der Waals surface area contributed by atoms with Crippen molar-refractivity contribution < 1.29 is 14.7 Å². The number of amidine groups is 1. The molecule has 0 fully saturated rings. The van der Waals surface area contributed by atoms with Crippen molar-refractivity contribution in [3.63, 3.8) is 0 Å². The first-order valence-electron chi connectivity index (χ1n) is 7.62. The number of nitrogens with two attached hydrogens (primary N) is 2. The van der Waals surface area contributed by atoms with Gasteiger partial charge < -0.3 is 26.1 Å². The second-order valence-corrected chi connectivity index (χ2v) is 5.83. The van der Waals surface area contributed by atoms with E-state index in [-0.39, 0.29) is 13.2 Å². The average molecular weight is 363 g/mol. The van der Waals surface area contributed by atoms with E-state index in [0.29, 0.717) is 41.3 Å². The number of rotatable bonds is 9. The van der Waals surface area contributed by atoms with Gasteiger partial charge in [0, 0.05) is 10.9 Å². The molecule has 0 amide bonds. The van der Waals surface area contributed by atoms with Gasteiger partial charge in [-0.2, -0.15) is 0 Å². The van der Waals surface area contributed by atoms with Crippen LogP contribution in [-0.2, 0) is 4.84 Å². The molecule has 25 heavy (non-hydrogen) atoms. The Morgan fingerprint density at radius 3 is 2.68 bits per heavy atom. The number of aliphatic hydroxyl groups is 1. The van der Waals surface area contributed by atoms with Crippen LogP contribution in [0.1, 0.15) is 18.2 Å². The highest BCUT2D eigenvalue weighted by Gasteiger charge is 2.03. The monoisotopic (exact) mass is 363 g/mol. The SMILES string of the molecule is C/C(=N\OCCOc1ccc(C(N)=NCCO)cc1)c1csc(N)n1. The number of ether oxygens (including phenoxy) is 1. The van der Waals surface area contributed by atoms with Gasteiger partial charge in [-0.25, -0.2) is 4.98 Å². The van der Waals surface area contributed by atoms with Crippen LogP contribution in [0, 0.1) is 0 Å². The summed E-state index contributed by atoms with van der Waals surface area (Å²) in [6.07, 6.45) is 0. The molecule has 1 heterocycles. The summed E-state index contributed by atoms with van der Waals surface area (Å²) in [6.45, 7) is 2.72. The molecule has 5 N–H and O–H groups in total. The molecule has 0 unspecified atom stereocenters. The first-order chi connectivity index (χ1) is 12.1. The molecular weight excluding hydrogens is 342 g/mol. The standard InChI is InChI=1S/C16H21N5O3S/c1-11(14-10-25-16(18)20-14)21-24-9-8-23-13-4-2-12(3-5-13)15(17)19-6-7-22/h2-5,10,22H,6-9H2,1H3,(H2,17,19)(H2,18,20)/b21-11+. The normalized spacial score (nSPS) is 12.2. The third-order valence-corrected chi connectivity index (χ3v) is 3.74. The minimum absolute atomic E-state index is 0.0281. The number of benzene rings is 1. The average Bonchev–Trinajstić information content (AvgIpc) is 3.06. The van der Waals surface area contributed by atoms with Crippen molar-refractivity contribution in [2.75, 3.05) is 32.1 Å². The summed E-state index contributed by atoms with van der Waals surface area (Å²) in [5.41, 5.74) is 13.5. The third-order valence-electron chi connectivity index (χ3n) is 3.07. The van der Waals surface area contributed by atoms with Crippen LogP contribution in [0.5, 0.6) is 5.75 Å². The van der Waals surface area contributed by atoms with Crippen molar-refractivity contribution >= 4 is 28.0 Å². The highest BCUT2D eigenvalue weighted by atomic mass is 32.1. The van der Waals surface area contributed by atoms with E-state index in [0.717, 1.165) is 5.56 Å². The quantitative estimate of drug-likeness (QED) is 0.266. The number of aliphatic hydroxyl groups excluding tert-OH is 1. The minimum Gasteiger partial charge on any atom is -0.490 e. The number of nitrogens with zero attached hydrogens (tertiary/aromatic N) is 3. The molecule has 1 aromatic carbocycles. The van der Waals surface area contributed by atoms with Crippen molar-refractivity contribution in [3.8, 4) is 5.75 Å². The fourth-order valence-electron chi connectivity index (χ4n) is 1.82. The highest BCUT2D eigenvalue weighted by molar-refractivity contribution is 7.13. The molecule has 9 heteroatoms. The lowest BCUT2D eigenvalue weighted by atomic mass is 10.2. The molecule has 134 valence electrons. The van der Waals surface area contributed by atoms with Gasteiger partial charge in [-0.05, 0) is 31.2 Å². The first-order valence-corrected chi connectivity index (χ1v) is 8.50. The summed E-state index contributed by atoms with van der Waals surface area (Å²) in [4.78, 5) is 13.4. The number of thiazole rings is 1. The van der Waals surface area contributed by atoms with Crippen molar-refractivity contribution in [1.82, 2.24) is 4.98 Å². The number of hydrogen-bond acceptors (Lipinski definition) is 8. The maximum atomic E-state index is 8.73. The molecule has 0 saturated carbocycles. The van der Waals surface area contributed by atoms with Crippen molar-refractivity contribution in [2.24, 2.45) is 15.9 Å². The molecule has 2 rings (SSSR count). The molecule has 2 aromatic rings. The largest absolute Gasteiger partial charge is 0.490 e. The van der Waals surface area contributed by atoms with E-state index >= 15 is 0 Å². The van der Waals surface area contributed by atoms with Crippen LogP contribution in [0.25, 0.3) is 0 Å². The Bertz CT molecular complexity index is 728. The Balaban J connectivity index is 1.74. The fourth-order valence-corrected chi connectivity index (χ4v) is 2.43. The zero-order valence-corrected chi connectivity index (χ0v) is 14.7. The summed E-state index contributed by atoms with van der Waals surface area (Å²) in [7, 11) is 0. The number of nitrogen functional groups attached to an aromatic ring is 1. The number of anilines is 1. The van der Waals surface area contributed by atoms with Crippen molar-refractivity contribution in [2.45, 2.75) is 6.92 Å². The second-order valence-electron chi connectivity index (χ2n) is 4.94. The number of oxime groups is 1. The Kier molecular flexibility index (Phi) is 7.17. The molecular formula is C16H21N5O3S. The predicted octanol–water partition coefficient (Wildman–Crippen LogP) is 1.24. The molecule has 8 nitrogen and oxygen atoms in total. The van der Waals surface area contributed by atoms with Gasteiger partial charge in [-0.3, -0.25) is 4.99 Å². The van der Waals surface area contributed by atoms with Crippen LogP contribution in [0.3, 0.4) is 0 Å². The Hall–Kier alpha value is -2.65. The first kappa shape index (κ1) is 18.7. The van der Waals surface area contributed by atoms with Gasteiger partial charge in [-0.15, -0.1) is 11.3 Å². The third kappa shape index (κ3) is 6.05. The molecule has 0 aliphatic heterocycles. The molecule has 0 radical (unpaired) electrons. The molecule has 0 aliphatic carbocycles. The lowest BCUT2D eigenvalue weighted by molar-refractivity contribution is 0.107. The maximum absolute atomic E-state index is 8.73. The maximum Gasteiger partial charge on any atom is 0.180 e. The van der Waals surface area contributed by atoms with E-state index in [1.807, 2.05) is 5.38 Å². The smallest absolute Gasteiger partial charge is 0.180 e. The van der Waals surface area contributed by atoms with Gasteiger partial charge in [0.05, 0.1) is 13.2 Å². The lowest BCUT2D eigenvalue weighted by Crippen LogP contribution is -2.14. The van der Waals surface area contributed by atoms with Crippen molar-refractivity contribution in [1.29, 1.82) is 0 Å². The van der Waals surface area contributed by atoms with Gasteiger partial charge in [0.2, 0.25) is 0 Å². The van der Waals surface area contributed by atoms with Gasteiger partial charge in [0.15, 0.2) is 11.7 Å². The molecule has 0 bridgehead atoms. The minimum atomic E-state index is -0.0281.